The smallest absolute Gasteiger partial charge is 0.273 e. The van der Waals surface area contributed by atoms with E-state index in [1.807, 2.05) is 17.8 Å². The summed E-state index contributed by atoms with van der Waals surface area (Å²) in [5.74, 6) is 0.650. The molecule has 0 bridgehead atoms. The van der Waals surface area contributed by atoms with Crippen LogP contribution >= 0.6 is 11.6 Å². The highest BCUT2D eigenvalue weighted by molar-refractivity contribution is 6.33. The van der Waals surface area contributed by atoms with Crippen molar-refractivity contribution in [3.05, 3.63) is 35.1 Å². The Kier molecular flexibility index (Phi) is 3.66. The van der Waals surface area contributed by atoms with Crippen LogP contribution in [-0.4, -0.2) is 31.8 Å². The van der Waals surface area contributed by atoms with Crippen LogP contribution in [0.5, 0.6) is 0 Å². The number of amides is 1. The number of carbonyl (C=O) groups excluding carboxylic acids is 1. The summed E-state index contributed by atoms with van der Waals surface area (Å²) in [5.41, 5.74) is 0.249. The minimum Gasteiger partial charge on any atom is -0.350 e. The second-order valence-electron chi connectivity index (χ2n) is 3.96. The summed E-state index contributed by atoms with van der Waals surface area (Å²) in [6.07, 6.45) is 5.86. The average molecular weight is 268 g/mol. The monoisotopic (exact) mass is 267 g/mol. The lowest BCUT2D eigenvalue weighted by atomic mass is 10.3. The van der Waals surface area contributed by atoms with E-state index in [9.17, 15) is 4.79 Å². The van der Waals surface area contributed by atoms with E-state index in [4.69, 9.17) is 11.6 Å². The molecule has 0 saturated heterocycles. The van der Waals surface area contributed by atoms with E-state index in [-0.39, 0.29) is 11.6 Å². The van der Waals surface area contributed by atoms with Gasteiger partial charge in [-0.1, -0.05) is 11.6 Å². The topological polar surface area (TPSA) is 64.7 Å². The molecule has 0 fully saturated rings. The van der Waals surface area contributed by atoms with Gasteiger partial charge in [0, 0.05) is 45.7 Å². The number of hydrogen-bond acceptors (Lipinski definition) is 3. The molecule has 2 aromatic heterocycles. The lowest BCUT2D eigenvalue weighted by Gasteiger charge is -2.03. The zero-order valence-corrected chi connectivity index (χ0v) is 11.0. The molecule has 0 saturated carbocycles. The minimum atomic E-state index is -0.269. The molecule has 0 aliphatic carbocycles. The van der Waals surface area contributed by atoms with E-state index < -0.39 is 0 Å². The van der Waals surface area contributed by atoms with E-state index >= 15 is 0 Å². The maximum atomic E-state index is 11.8. The van der Waals surface area contributed by atoms with Gasteiger partial charge in [0.1, 0.15) is 5.82 Å². The predicted octanol–water partition coefficient (Wildman–Crippen LogP) is 0.779. The van der Waals surface area contributed by atoms with Gasteiger partial charge in [0.05, 0.1) is 5.02 Å². The first-order chi connectivity index (χ1) is 8.58. The fourth-order valence-corrected chi connectivity index (χ4v) is 1.89. The number of aryl methyl sites for hydroxylation is 2. The molecule has 0 aliphatic heterocycles. The van der Waals surface area contributed by atoms with Gasteiger partial charge in [-0.2, -0.15) is 5.10 Å². The van der Waals surface area contributed by atoms with Crippen molar-refractivity contribution in [3.8, 4) is 0 Å². The first-order valence-electron chi connectivity index (χ1n) is 5.51. The number of carbonyl (C=O) groups is 1. The van der Waals surface area contributed by atoms with Gasteiger partial charge in [-0.15, -0.1) is 0 Å². The van der Waals surface area contributed by atoms with Crippen molar-refractivity contribution in [1.29, 1.82) is 0 Å². The average Bonchev–Trinajstić information content (AvgIpc) is 2.85. The maximum Gasteiger partial charge on any atom is 0.273 e. The third kappa shape index (κ3) is 2.70. The van der Waals surface area contributed by atoms with E-state index in [1.54, 1.807) is 19.4 Å². The summed E-state index contributed by atoms with van der Waals surface area (Å²) >= 11 is 5.88. The van der Waals surface area contributed by atoms with Crippen LogP contribution in [0.15, 0.2) is 18.6 Å². The van der Waals surface area contributed by atoms with Gasteiger partial charge in [-0.25, -0.2) is 4.98 Å². The van der Waals surface area contributed by atoms with E-state index in [1.165, 1.54) is 4.68 Å². The summed E-state index contributed by atoms with van der Waals surface area (Å²) in [6.45, 7) is 0.497. The molecule has 2 aromatic rings. The van der Waals surface area contributed by atoms with Gasteiger partial charge in [0.2, 0.25) is 0 Å². The summed E-state index contributed by atoms with van der Waals surface area (Å²) < 4.78 is 3.43. The molecular weight excluding hydrogens is 254 g/mol. The quantitative estimate of drug-likeness (QED) is 0.890. The van der Waals surface area contributed by atoms with E-state index in [0.29, 0.717) is 18.0 Å². The Labute approximate surface area is 110 Å². The highest BCUT2D eigenvalue weighted by Gasteiger charge is 2.14. The third-order valence-electron chi connectivity index (χ3n) is 2.55. The SMILES string of the molecule is Cn1cc(Cl)c(C(=O)NCCc2nccn2C)n1. The summed E-state index contributed by atoms with van der Waals surface area (Å²) in [4.78, 5) is 16.0. The lowest BCUT2D eigenvalue weighted by molar-refractivity contribution is 0.0948. The predicted molar refractivity (Wildman–Crippen MR) is 67.5 cm³/mol. The van der Waals surface area contributed by atoms with Crippen LogP contribution in [0.25, 0.3) is 0 Å². The molecule has 7 heteroatoms. The summed E-state index contributed by atoms with van der Waals surface area (Å²) in [6, 6.07) is 0. The molecule has 0 radical (unpaired) electrons. The van der Waals surface area contributed by atoms with Crippen molar-refractivity contribution in [2.24, 2.45) is 14.1 Å². The fourth-order valence-electron chi connectivity index (χ4n) is 1.62. The van der Waals surface area contributed by atoms with Crippen LogP contribution in [0, 0.1) is 0 Å². The molecule has 96 valence electrons. The molecule has 2 heterocycles. The maximum absolute atomic E-state index is 11.8. The van der Waals surface area contributed by atoms with Crippen molar-refractivity contribution in [2.75, 3.05) is 6.54 Å². The lowest BCUT2D eigenvalue weighted by Crippen LogP contribution is -2.27. The summed E-state index contributed by atoms with van der Waals surface area (Å²) in [5, 5.41) is 7.11. The second kappa shape index (κ2) is 5.22. The number of aromatic nitrogens is 4. The second-order valence-corrected chi connectivity index (χ2v) is 4.37. The van der Waals surface area contributed by atoms with E-state index in [2.05, 4.69) is 15.4 Å². The number of rotatable bonds is 4. The molecule has 2 rings (SSSR count). The first kappa shape index (κ1) is 12.6. The van der Waals surface area contributed by atoms with Gasteiger partial charge in [-0.05, 0) is 0 Å². The van der Waals surface area contributed by atoms with Crippen LogP contribution in [-0.2, 0) is 20.5 Å². The minimum absolute atomic E-state index is 0.249. The van der Waals surface area contributed by atoms with Crippen LogP contribution < -0.4 is 5.32 Å². The molecule has 0 unspecified atom stereocenters. The Hall–Kier alpha value is -1.82. The number of hydrogen-bond donors (Lipinski definition) is 1. The van der Waals surface area contributed by atoms with Gasteiger partial charge in [0.15, 0.2) is 5.69 Å². The van der Waals surface area contributed by atoms with E-state index in [0.717, 1.165) is 5.82 Å². The van der Waals surface area contributed by atoms with Crippen molar-refractivity contribution >= 4 is 17.5 Å². The molecule has 18 heavy (non-hydrogen) atoms. The van der Waals surface area contributed by atoms with Gasteiger partial charge in [-0.3, -0.25) is 9.48 Å². The van der Waals surface area contributed by atoms with Gasteiger partial charge >= 0.3 is 0 Å². The Bertz CT molecular complexity index is 560. The largest absolute Gasteiger partial charge is 0.350 e. The Morgan fingerprint density at radius 3 is 2.83 bits per heavy atom. The van der Waals surface area contributed by atoms with Gasteiger partial charge < -0.3 is 9.88 Å². The number of nitrogens with one attached hydrogen (secondary N) is 1. The highest BCUT2D eigenvalue weighted by Crippen LogP contribution is 2.12. The molecule has 6 nitrogen and oxygen atoms in total. The highest BCUT2D eigenvalue weighted by atomic mass is 35.5. The van der Waals surface area contributed by atoms with Crippen molar-refractivity contribution in [2.45, 2.75) is 6.42 Å². The molecule has 1 N–H and O–H groups in total. The van der Waals surface area contributed by atoms with Crippen LogP contribution in [0.2, 0.25) is 5.02 Å². The van der Waals surface area contributed by atoms with Gasteiger partial charge in [0.25, 0.3) is 5.91 Å². The number of nitrogens with zero attached hydrogens (tertiary/aromatic N) is 4. The van der Waals surface area contributed by atoms with Crippen LogP contribution in [0.4, 0.5) is 0 Å². The number of imidazole rings is 1. The Morgan fingerprint density at radius 1 is 1.50 bits per heavy atom. The van der Waals surface area contributed by atoms with Crippen molar-refractivity contribution < 1.29 is 4.79 Å². The Balaban J connectivity index is 1.89. The van der Waals surface area contributed by atoms with Crippen molar-refractivity contribution in [1.82, 2.24) is 24.6 Å². The Morgan fingerprint density at radius 2 is 2.28 bits per heavy atom. The normalized spacial score (nSPS) is 10.6. The molecule has 0 spiro atoms. The van der Waals surface area contributed by atoms with Crippen molar-refractivity contribution in [3.63, 3.8) is 0 Å². The fraction of sp³-hybridized carbons (Fsp3) is 0.364. The zero-order chi connectivity index (χ0) is 13.1. The van der Waals surface area contributed by atoms with Crippen LogP contribution in [0.3, 0.4) is 0 Å². The standard InChI is InChI=1S/C11H14ClN5O/c1-16-6-5-13-9(16)3-4-14-11(18)10-8(12)7-17(2)15-10/h5-7H,3-4H2,1-2H3,(H,14,18). The molecule has 0 atom stereocenters. The molecule has 0 aromatic carbocycles. The molecular formula is C11H14ClN5O. The number of halogens is 1. The van der Waals surface area contributed by atoms with Crippen LogP contribution in [0.1, 0.15) is 16.3 Å². The zero-order valence-electron chi connectivity index (χ0n) is 10.2. The first-order valence-corrected chi connectivity index (χ1v) is 5.89. The summed E-state index contributed by atoms with van der Waals surface area (Å²) in [7, 11) is 3.64. The third-order valence-corrected chi connectivity index (χ3v) is 2.83. The molecule has 0 aliphatic rings. The molecule has 1 amide bonds.